The first-order valence-corrected chi connectivity index (χ1v) is 15.3. The van der Waals surface area contributed by atoms with E-state index in [2.05, 4.69) is 44.6 Å². The van der Waals surface area contributed by atoms with Crippen LogP contribution >= 0.6 is 0 Å². The summed E-state index contributed by atoms with van der Waals surface area (Å²) in [4.78, 5) is 41.6. The summed E-state index contributed by atoms with van der Waals surface area (Å²) in [6.45, 7) is 4.86. The summed E-state index contributed by atoms with van der Waals surface area (Å²) in [5.41, 5.74) is 3.95. The molecule has 0 amide bonds. The minimum atomic E-state index is -1.01. The second-order valence-corrected chi connectivity index (χ2v) is 11.5. The van der Waals surface area contributed by atoms with Gasteiger partial charge in [-0.2, -0.15) is 0 Å². The van der Waals surface area contributed by atoms with Gasteiger partial charge in [0.15, 0.2) is 5.78 Å². The maximum absolute atomic E-state index is 13.1. The number of nitrogens with one attached hydrogen (secondary N) is 2. The topological polar surface area (TPSA) is 120 Å². The molecule has 0 bridgehead atoms. The number of carboxylic acids is 1. The third kappa shape index (κ3) is 6.30. The second-order valence-electron chi connectivity index (χ2n) is 11.5. The fraction of sp³-hybridized carbons (Fsp3) is 0.382. The molecule has 9 heteroatoms. The Labute approximate surface area is 251 Å². The van der Waals surface area contributed by atoms with Gasteiger partial charge in [0.25, 0.3) is 0 Å². The molecular weight excluding hydrogens is 540 g/mol. The zero-order valence-electron chi connectivity index (χ0n) is 24.6. The smallest absolute Gasteiger partial charge is 0.308 e. The van der Waals surface area contributed by atoms with E-state index in [1.54, 1.807) is 6.07 Å². The number of aliphatic carboxylic acids is 1. The lowest BCUT2D eigenvalue weighted by Gasteiger charge is -2.34. The molecule has 6 rings (SSSR count). The molecule has 0 spiro atoms. The van der Waals surface area contributed by atoms with Gasteiger partial charge in [0.2, 0.25) is 0 Å². The van der Waals surface area contributed by atoms with E-state index in [-0.39, 0.29) is 18.7 Å². The molecule has 0 unspecified atom stereocenters. The summed E-state index contributed by atoms with van der Waals surface area (Å²) < 4.78 is 0. The van der Waals surface area contributed by atoms with Gasteiger partial charge in [-0.3, -0.25) is 9.59 Å². The molecule has 1 saturated heterocycles. The van der Waals surface area contributed by atoms with E-state index >= 15 is 0 Å². The zero-order valence-corrected chi connectivity index (χ0v) is 24.6. The van der Waals surface area contributed by atoms with E-state index < -0.39 is 11.9 Å². The number of carbonyl (C=O) groups excluding carboxylic acids is 1. The Morgan fingerprint density at radius 2 is 1.88 bits per heavy atom. The van der Waals surface area contributed by atoms with E-state index in [0.717, 1.165) is 79.0 Å². The molecule has 2 aliphatic rings. The number of rotatable bonds is 10. The molecule has 4 heterocycles. The quantitative estimate of drug-likeness (QED) is 0.203. The average molecular weight is 579 g/mol. The van der Waals surface area contributed by atoms with Crippen LogP contribution in [0.3, 0.4) is 0 Å². The number of anilines is 3. The number of fused-ring (bicyclic) bond motifs is 2. The van der Waals surface area contributed by atoms with Crippen LogP contribution in [0.2, 0.25) is 0 Å². The first-order valence-electron chi connectivity index (χ1n) is 15.3. The van der Waals surface area contributed by atoms with Crippen LogP contribution in [-0.4, -0.2) is 58.0 Å². The third-order valence-electron chi connectivity index (χ3n) is 8.77. The number of carboxylic acid groups (broad SMARTS) is 1. The van der Waals surface area contributed by atoms with Gasteiger partial charge in [0.05, 0.1) is 5.92 Å². The number of aryl methyl sites for hydroxylation is 1. The van der Waals surface area contributed by atoms with Gasteiger partial charge < -0.3 is 20.6 Å². The monoisotopic (exact) mass is 578 g/mol. The van der Waals surface area contributed by atoms with Gasteiger partial charge in [-0.25, -0.2) is 15.0 Å². The van der Waals surface area contributed by atoms with Gasteiger partial charge in [0.1, 0.15) is 23.8 Å². The van der Waals surface area contributed by atoms with Crippen molar-refractivity contribution in [3.05, 3.63) is 83.3 Å². The van der Waals surface area contributed by atoms with Crippen LogP contribution in [0.5, 0.6) is 0 Å². The number of carbonyl (C=O) groups is 2. The highest BCUT2D eigenvalue weighted by Gasteiger charge is 2.27. The standard InChI is InChI=1S/C34H38N6O3/c1-2-28-32(36-20-27(34(42)43)19-30(41)26-10-9-22-6-3-4-7-25(22)18-26)37-21-38-33(28)40-16-13-23(14-17-40)29-12-11-24-8-5-15-35-31(24)39-29/h3-4,6-7,9-12,18,21,23,27H,2,5,8,13-17,19-20H2,1H3,(H,35,39)(H,42,43)(H,36,37,38)/t27-/m0/s1. The number of pyridine rings is 1. The molecule has 0 radical (unpaired) electrons. The van der Waals surface area contributed by atoms with E-state index in [1.165, 1.54) is 11.9 Å². The summed E-state index contributed by atoms with van der Waals surface area (Å²) >= 11 is 0. The van der Waals surface area contributed by atoms with Crippen LogP contribution in [0.15, 0.2) is 60.9 Å². The van der Waals surface area contributed by atoms with Crippen molar-refractivity contribution >= 4 is 40.0 Å². The van der Waals surface area contributed by atoms with Gasteiger partial charge in [0, 0.05) is 55.3 Å². The van der Waals surface area contributed by atoms with Gasteiger partial charge in [-0.15, -0.1) is 0 Å². The Bertz CT molecular complexity index is 1630. The number of Topliss-reactive ketones (excluding diaryl/α,β-unsaturated/α-hetero) is 1. The van der Waals surface area contributed by atoms with Gasteiger partial charge >= 0.3 is 5.97 Å². The lowest BCUT2D eigenvalue weighted by Crippen LogP contribution is -2.35. The number of hydrogen-bond acceptors (Lipinski definition) is 8. The molecule has 43 heavy (non-hydrogen) atoms. The molecule has 4 aromatic rings. The molecule has 2 aromatic carbocycles. The third-order valence-corrected chi connectivity index (χ3v) is 8.77. The molecule has 9 nitrogen and oxygen atoms in total. The lowest BCUT2D eigenvalue weighted by atomic mass is 9.92. The first-order chi connectivity index (χ1) is 21.0. The summed E-state index contributed by atoms with van der Waals surface area (Å²) in [6, 6.07) is 17.7. The number of aromatic nitrogens is 3. The Balaban J connectivity index is 1.10. The van der Waals surface area contributed by atoms with Crippen LogP contribution in [0.1, 0.15) is 65.7 Å². The highest BCUT2D eigenvalue weighted by Crippen LogP contribution is 2.33. The second kappa shape index (κ2) is 12.8. The summed E-state index contributed by atoms with van der Waals surface area (Å²) in [5.74, 6) is 0.875. The fourth-order valence-corrected chi connectivity index (χ4v) is 6.28. The van der Waals surface area contributed by atoms with Gasteiger partial charge in [-0.05, 0) is 60.6 Å². The maximum Gasteiger partial charge on any atom is 0.308 e. The number of ketones is 1. The molecule has 1 atom stereocenters. The molecule has 3 N–H and O–H groups in total. The Morgan fingerprint density at radius 1 is 1.07 bits per heavy atom. The van der Waals surface area contributed by atoms with Crippen molar-refractivity contribution in [3.63, 3.8) is 0 Å². The van der Waals surface area contributed by atoms with E-state index in [9.17, 15) is 14.7 Å². The summed E-state index contributed by atoms with van der Waals surface area (Å²) in [7, 11) is 0. The Kier molecular flexibility index (Phi) is 8.49. The molecule has 2 aliphatic heterocycles. The van der Waals surface area contributed by atoms with Crippen molar-refractivity contribution in [2.24, 2.45) is 5.92 Å². The van der Waals surface area contributed by atoms with Crippen molar-refractivity contribution < 1.29 is 14.7 Å². The Hall–Kier alpha value is -4.53. The van der Waals surface area contributed by atoms with Crippen molar-refractivity contribution in [1.29, 1.82) is 0 Å². The Morgan fingerprint density at radius 3 is 2.67 bits per heavy atom. The average Bonchev–Trinajstić information content (AvgIpc) is 3.05. The molecule has 0 aliphatic carbocycles. The van der Waals surface area contributed by atoms with E-state index in [0.29, 0.717) is 23.7 Å². The predicted octanol–water partition coefficient (Wildman–Crippen LogP) is 5.72. The van der Waals surface area contributed by atoms with Crippen LogP contribution in [0, 0.1) is 5.92 Å². The molecule has 222 valence electrons. The number of nitrogens with zero attached hydrogens (tertiary/aromatic N) is 4. The highest BCUT2D eigenvalue weighted by atomic mass is 16.4. The summed E-state index contributed by atoms with van der Waals surface area (Å²) in [5, 5.41) is 18.6. The van der Waals surface area contributed by atoms with Crippen LogP contribution in [0.4, 0.5) is 17.5 Å². The molecule has 2 aromatic heterocycles. The van der Waals surface area contributed by atoms with Crippen molar-refractivity contribution in [1.82, 2.24) is 15.0 Å². The van der Waals surface area contributed by atoms with Crippen molar-refractivity contribution in [3.8, 4) is 0 Å². The number of hydrogen-bond donors (Lipinski definition) is 3. The largest absolute Gasteiger partial charge is 0.481 e. The van der Waals surface area contributed by atoms with Crippen molar-refractivity contribution in [2.75, 3.05) is 41.7 Å². The van der Waals surface area contributed by atoms with Crippen molar-refractivity contribution in [2.45, 2.75) is 51.4 Å². The number of piperidine rings is 1. The minimum Gasteiger partial charge on any atom is -0.481 e. The fourth-order valence-electron chi connectivity index (χ4n) is 6.28. The zero-order chi connectivity index (χ0) is 29.8. The normalized spacial score (nSPS) is 15.9. The first kappa shape index (κ1) is 28.6. The van der Waals surface area contributed by atoms with Gasteiger partial charge in [-0.1, -0.05) is 49.4 Å². The van der Waals surface area contributed by atoms with E-state index in [1.807, 2.05) is 36.4 Å². The highest BCUT2D eigenvalue weighted by molar-refractivity contribution is 6.01. The van der Waals surface area contributed by atoms with Crippen LogP contribution in [0.25, 0.3) is 10.8 Å². The maximum atomic E-state index is 13.1. The lowest BCUT2D eigenvalue weighted by molar-refractivity contribution is -0.141. The van der Waals surface area contributed by atoms with E-state index in [4.69, 9.17) is 4.98 Å². The molecular formula is C34H38N6O3. The molecule has 0 saturated carbocycles. The van der Waals surface area contributed by atoms with Crippen LogP contribution < -0.4 is 15.5 Å². The SMILES string of the molecule is CCc1c(NC[C@H](CC(=O)c2ccc3ccccc3c2)C(=O)O)ncnc1N1CCC(c2ccc3c(n2)NCCC3)CC1. The number of benzene rings is 2. The summed E-state index contributed by atoms with van der Waals surface area (Å²) in [6.07, 6.45) is 6.35. The molecule has 1 fully saturated rings. The minimum absolute atomic E-state index is 0.0955. The predicted molar refractivity (Wildman–Crippen MR) is 169 cm³/mol. The van der Waals surface area contributed by atoms with Crippen LogP contribution in [-0.2, 0) is 17.6 Å².